The van der Waals surface area contributed by atoms with Gasteiger partial charge in [-0.2, -0.15) is 0 Å². The summed E-state index contributed by atoms with van der Waals surface area (Å²) in [7, 11) is 1.62. The van der Waals surface area contributed by atoms with E-state index in [-0.39, 0.29) is 11.4 Å². The Kier molecular flexibility index (Phi) is 4.78. The van der Waals surface area contributed by atoms with Gasteiger partial charge in [-0.1, -0.05) is 0 Å². The highest BCUT2D eigenvalue weighted by Crippen LogP contribution is 2.15. The molecule has 0 heterocycles. The van der Waals surface area contributed by atoms with Crippen LogP contribution in [0.4, 0.5) is 0 Å². The van der Waals surface area contributed by atoms with Gasteiger partial charge in [0.25, 0.3) is 0 Å². The van der Waals surface area contributed by atoms with Crippen LogP contribution in [0.5, 0.6) is 0 Å². The van der Waals surface area contributed by atoms with Crippen molar-refractivity contribution in [3.05, 3.63) is 0 Å². The number of amides is 1. The number of nitrogens with one attached hydrogen (secondary N) is 2. The van der Waals surface area contributed by atoms with E-state index in [1.807, 2.05) is 34.6 Å². The lowest BCUT2D eigenvalue weighted by atomic mass is 9.93. The third-order valence-electron chi connectivity index (χ3n) is 1.99. The SMILES string of the molecule is CNC(=O)C(C)(C)CN=C(N)NC(C)(C)C. The molecule has 5 nitrogen and oxygen atoms in total. The number of hydrogen-bond donors (Lipinski definition) is 3. The Morgan fingerprint density at radius 1 is 1.25 bits per heavy atom. The Morgan fingerprint density at radius 3 is 2.12 bits per heavy atom. The van der Waals surface area contributed by atoms with Crippen LogP contribution in [0.15, 0.2) is 4.99 Å². The largest absolute Gasteiger partial charge is 0.370 e. The number of nitrogens with zero attached hydrogens (tertiary/aromatic N) is 1. The Hall–Kier alpha value is -1.26. The third-order valence-corrected chi connectivity index (χ3v) is 1.99. The quantitative estimate of drug-likeness (QED) is 0.485. The molecule has 0 aromatic rings. The molecule has 5 heteroatoms. The summed E-state index contributed by atoms with van der Waals surface area (Å²) in [6, 6.07) is 0. The molecule has 0 aromatic carbocycles. The smallest absolute Gasteiger partial charge is 0.227 e. The minimum absolute atomic E-state index is 0.0418. The molecule has 0 unspecified atom stereocenters. The Bertz CT molecular complexity index is 276. The molecule has 0 spiro atoms. The van der Waals surface area contributed by atoms with Crippen molar-refractivity contribution in [2.75, 3.05) is 13.6 Å². The zero-order valence-corrected chi connectivity index (χ0v) is 11.1. The van der Waals surface area contributed by atoms with E-state index >= 15 is 0 Å². The first-order valence-electron chi connectivity index (χ1n) is 5.39. The van der Waals surface area contributed by atoms with Gasteiger partial charge in [0.2, 0.25) is 5.91 Å². The van der Waals surface area contributed by atoms with Gasteiger partial charge in [0.1, 0.15) is 0 Å². The van der Waals surface area contributed by atoms with Gasteiger partial charge in [-0.05, 0) is 34.6 Å². The molecule has 16 heavy (non-hydrogen) atoms. The molecule has 4 N–H and O–H groups in total. The van der Waals surface area contributed by atoms with Crippen LogP contribution in [-0.2, 0) is 4.79 Å². The van der Waals surface area contributed by atoms with E-state index in [1.54, 1.807) is 7.05 Å². The van der Waals surface area contributed by atoms with Crippen LogP contribution in [0.2, 0.25) is 0 Å². The first-order chi connectivity index (χ1) is 7.08. The number of guanidine groups is 1. The molecule has 1 amide bonds. The topological polar surface area (TPSA) is 79.5 Å². The summed E-state index contributed by atoms with van der Waals surface area (Å²) in [5.41, 5.74) is 5.05. The highest BCUT2D eigenvalue weighted by molar-refractivity contribution is 5.83. The molecule has 0 aliphatic carbocycles. The molecule has 0 saturated carbocycles. The van der Waals surface area contributed by atoms with Crippen LogP contribution in [-0.4, -0.2) is 31.0 Å². The van der Waals surface area contributed by atoms with Crippen molar-refractivity contribution in [1.82, 2.24) is 10.6 Å². The number of rotatable bonds is 3. The minimum Gasteiger partial charge on any atom is -0.370 e. The maximum absolute atomic E-state index is 11.5. The summed E-state index contributed by atoms with van der Waals surface area (Å²) in [5.74, 6) is 0.323. The standard InChI is InChI=1S/C11H24N4O/c1-10(2,3)15-9(12)14-7-11(4,5)8(16)13-6/h7H2,1-6H3,(H,13,16)(H3,12,14,15). The fraction of sp³-hybridized carbons (Fsp3) is 0.818. The lowest BCUT2D eigenvalue weighted by Gasteiger charge is -2.23. The van der Waals surface area contributed by atoms with E-state index in [1.165, 1.54) is 0 Å². The zero-order chi connectivity index (χ0) is 13.0. The van der Waals surface area contributed by atoms with Crippen molar-refractivity contribution in [1.29, 1.82) is 0 Å². The molecular weight excluding hydrogens is 204 g/mol. The number of carbonyl (C=O) groups excluding carboxylic acids is 1. The van der Waals surface area contributed by atoms with Gasteiger partial charge in [-0.3, -0.25) is 9.79 Å². The second-order valence-corrected chi connectivity index (χ2v) is 5.54. The number of hydrogen-bond acceptors (Lipinski definition) is 2. The summed E-state index contributed by atoms with van der Waals surface area (Å²) in [4.78, 5) is 15.7. The highest BCUT2D eigenvalue weighted by atomic mass is 16.2. The van der Waals surface area contributed by atoms with Crippen molar-refractivity contribution in [2.24, 2.45) is 16.1 Å². The second kappa shape index (κ2) is 5.18. The summed E-state index contributed by atoms with van der Waals surface area (Å²) in [6.45, 7) is 10.0. The van der Waals surface area contributed by atoms with Crippen LogP contribution in [0.1, 0.15) is 34.6 Å². The fourth-order valence-corrected chi connectivity index (χ4v) is 1.12. The Morgan fingerprint density at radius 2 is 1.75 bits per heavy atom. The number of carbonyl (C=O) groups is 1. The predicted octanol–water partition coefficient (Wildman–Crippen LogP) is 0.461. The molecule has 0 bridgehead atoms. The van der Waals surface area contributed by atoms with Gasteiger partial charge in [0, 0.05) is 12.6 Å². The monoisotopic (exact) mass is 228 g/mol. The molecular formula is C11H24N4O. The van der Waals surface area contributed by atoms with Crippen LogP contribution < -0.4 is 16.4 Å². The lowest BCUT2D eigenvalue weighted by Crippen LogP contribution is -2.46. The summed E-state index contributed by atoms with van der Waals surface area (Å²) in [6.07, 6.45) is 0. The van der Waals surface area contributed by atoms with E-state index in [0.717, 1.165) is 0 Å². The maximum Gasteiger partial charge on any atom is 0.227 e. The molecule has 0 radical (unpaired) electrons. The van der Waals surface area contributed by atoms with Gasteiger partial charge < -0.3 is 16.4 Å². The molecule has 0 aliphatic heterocycles. The lowest BCUT2D eigenvalue weighted by molar-refractivity contribution is -0.128. The van der Waals surface area contributed by atoms with Crippen LogP contribution >= 0.6 is 0 Å². The van der Waals surface area contributed by atoms with E-state index in [4.69, 9.17) is 5.73 Å². The van der Waals surface area contributed by atoms with Gasteiger partial charge in [0.15, 0.2) is 5.96 Å². The van der Waals surface area contributed by atoms with Gasteiger partial charge in [-0.25, -0.2) is 0 Å². The maximum atomic E-state index is 11.5. The average molecular weight is 228 g/mol. The first kappa shape index (κ1) is 14.7. The van der Waals surface area contributed by atoms with E-state index < -0.39 is 5.41 Å². The molecule has 0 aliphatic rings. The van der Waals surface area contributed by atoms with Crippen molar-refractivity contribution in [3.63, 3.8) is 0 Å². The van der Waals surface area contributed by atoms with Crippen molar-refractivity contribution in [2.45, 2.75) is 40.2 Å². The predicted molar refractivity (Wildman–Crippen MR) is 67.2 cm³/mol. The zero-order valence-electron chi connectivity index (χ0n) is 11.1. The van der Waals surface area contributed by atoms with Crippen LogP contribution in [0.3, 0.4) is 0 Å². The molecule has 0 atom stereocenters. The Labute approximate surface area is 97.9 Å². The minimum atomic E-state index is -0.543. The highest BCUT2D eigenvalue weighted by Gasteiger charge is 2.26. The van der Waals surface area contributed by atoms with Crippen LogP contribution in [0.25, 0.3) is 0 Å². The first-order valence-corrected chi connectivity index (χ1v) is 5.39. The normalized spacial score (nSPS) is 13.5. The molecule has 0 saturated heterocycles. The van der Waals surface area contributed by atoms with E-state index in [9.17, 15) is 4.79 Å². The fourth-order valence-electron chi connectivity index (χ4n) is 1.12. The third kappa shape index (κ3) is 5.58. The summed E-state index contributed by atoms with van der Waals surface area (Å²) in [5, 5.41) is 5.65. The average Bonchev–Trinajstić information content (AvgIpc) is 2.11. The van der Waals surface area contributed by atoms with E-state index in [0.29, 0.717) is 12.5 Å². The van der Waals surface area contributed by atoms with Gasteiger partial charge >= 0.3 is 0 Å². The number of aliphatic imine (C=N–C) groups is 1. The van der Waals surface area contributed by atoms with Crippen molar-refractivity contribution >= 4 is 11.9 Å². The van der Waals surface area contributed by atoms with E-state index in [2.05, 4.69) is 15.6 Å². The van der Waals surface area contributed by atoms with Crippen molar-refractivity contribution in [3.8, 4) is 0 Å². The molecule has 0 rings (SSSR count). The summed E-state index contributed by atoms with van der Waals surface area (Å²) >= 11 is 0. The summed E-state index contributed by atoms with van der Waals surface area (Å²) < 4.78 is 0. The molecule has 94 valence electrons. The molecule has 0 aromatic heterocycles. The second-order valence-electron chi connectivity index (χ2n) is 5.54. The number of nitrogens with two attached hydrogens (primary N) is 1. The van der Waals surface area contributed by atoms with Crippen molar-refractivity contribution < 1.29 is 4.79 Å². The van der Waals surface area contributed by atoms with Gasteiger partial charge in [0.05, 0.1) is 12.0 Å². The Balaban J connectivity index is 4.42. The van der Waals surface area contributed by atoms with Gasteiger partial charge in [-0.15, -0.1) is 0 Å². The molecule has 0 fully saturated rings. The van der Waals surface area contributed by atoms with Crippen LogP contribution in [0, 0.1) is 5.41 Å².